The van der Waals surface area contributed by atoms with Gasteiger partial charge in [-0.3, -0.25) is 13.6 Å². The van der Waals surface area contributed by atoms with Crippen LogP contribution in [0.5, 0.6) is 0 Å². The third-order valence-electron chi connectivity index (χ3n) is 1.66. The van der Waals surface area contributed by atoms with Crippen LogP contribution in [0, 0.1) is 14.9 Å². The summed E-state index contributed by atoms with van der Waals surface area (Å²) in [6.07, 6.45) is 13.0. The second kappa shape index (κ2) is 37.4. The average molecular weight is 257 g/mol. The molecule has 1 aliphatic carbocycles. The van der Waals surface area contributed by atoms with Crippen molar-refractivity contribution >= 4 is 13.6 Å². The van der Waals surface area contributed by atoms with Gasteiger partial charge in [0, 0.05) is 16.8 Å². The first-order valence-electron chi connectivity index (χ1n) is 4.12. The Balaban J connectivity index is -0.0000000432. The van der Waals surface area contributed by atoms with E-state index in [1.165, 1.54) is 38.5 Å². The standard InChI is InChI=1S/C8H14.2CHO.2CH3.Co/c1-2-4-6-8-7-5-3-1;2*1-2;;;/h1-2H,3-8H2;2*1H;2*1H3;/q;4*-1;. The third kappa shape index (κ3) is 31.7. The molecule has 1 rings (SSSR count). The number of allylic oxidation sites excluding steroid dienone is 2. The predicted octanol–water partition coefficient (Wildman–Crippen LogP) is 3.25. The molecular weight excluding hydrogens is 235 g/mol. The van der Waals surface area contributed by atoms with Crippen molar-refractivity contribution in [3.63, 3.8) is 0 Å². The normalized spacial score (nSPS) is 12.3. The molecule has 0 saturated heterocycles. The predicted molar refractivity (Wildman–Crippen MR) is 63.2 cm³/mol. The largest absolute Gasteiger partial charge is 0.545 e. The van der Waals surface area contributed by atoms with E-state index in [2.05, 4.69) is 25.7 Å². The Bertz CT molecular complexity index is 93.8. The van der Waals surface area contributed by atoms with Crippen molar-refractivity contribution in [3.8, 4) is 0 Å². The molecule has 0 atom stereocenters. The zero-order valence-electron chi connectivity index (χ0n) is 9.70. The topological polar surface area (TPSA) is 34.1 Å². The summed E-state index contributed by atoms with van der Waals surface area (Å²) in [4.78, 5) is 15.5. The molecule has 0 bridgehead atoms. The summed E-state index contributed by atoms with van der Waals surface area (Å²) in [5.41, 5.74) is 0. The fourth-order valence-corrected chi connectivity index (χ4v) is 1.11. The summed E-state index contributed by atoms with van der Waals surface area (Å²) < 4.78 is 0. The van der Waals surface area contributed by atoms with E-state index in [0.29, 0.717) is 0 Å². The van der Waals surface area contributed by atoms with Gasteiger partial charge in [0.15, 0.2) is 0 Å². The Labute approximate surface area is 106 Å². The van der Waals surface area contributed by atoms with Gasteiger partial charge in [-0.2, -0.15) is 0 Å². The molecule has 0 aromatic carbocycles. The van der Waals surface area contributed by atoms with Gasteiger partial charge in [0.2, 0.25) is 0 Å². The van der Waals surface area contributed by atoms with E-state index in [-0.39, 0.29) is 31.6 Å². The summed E-state index contributed by atoms with van der Waals surface area (Å²) in [7, 11) is 0. The second-order valence-corrected chi connectivity index (χ2v) is 2.46. The van der Waals surface area contributed by atoms with Gasteiger partial charge in [0.25, 0.3) is 0 Å². The average Bonchev–Trinajstić information content (AvgIpc) is 2.10. The van der Waals surface area contributed by atoms with Crippen molar-refractivity contribution in [1.82, 2.24) is 0 Å². The minimum Gasteiger partial charge on any atom is -0.545 e. The van der Waals surface area contributed by atoms with Gasteiger partial charge in [-0.25, -0.2) is 0 Å². The maximum atomic E-state index is 7.75. The Morgan fingerprint density at radius 3 is 1.20 bits per heavy atom. The first-order valence-corrected chi connectivity index (χ1v) is 4.12. The van der Waals surface area contributed by atoms with E-state index >= 15 is 0 Å². The summed E-state index contributed by atoms with van der Waals surface area (Å²) in [6, 6.07) is 0. The first kappa shape index (κ1) is 29.3. The van der Waals surface area contributed by atoms with Crippen LogP contribution >= 0.6 is 0 Å². The van der Waals surface area contributed by atoms with Crippen LogP contribution in [0.3, 0.4) is 0 Å². The van der Waals surface area contributed by atoms with E-state index in [4.69, 9.17) is 9.59 Å². The minimum absolute atomic E-state index is 0. The van der Waals surface area contributed by atoms with Crippen molar-refractivity contribution in [2.75, 3.05) is 0 Å². The molecule has 1 radical (unpaired) electrons. The van der Waals surface area contributed by atoms with Crippen LogP contribution in [0.25, 0.3) is 0 Å². The Morgan fingerprint density at radius 1 is 0.667 bits per heavy atom. The molecule has 1 aliphatic rings. The van der Waals surface area contributed by atoms with Crippen LogP contribution in [0.2, 0.25) is 0 Å². The zero-order chi connectivity index (χ0) is 9.66. The van der Waals surface area contributed by atoms with E-state index in [9.17, 15) is 0 Å². The van der Waals surface area contributed by atoms with E-state index in [1.807, 2.05) is 0 Å². The molecule has 0 heterocycles. The van der Waals surface area contributed by atoms with Crippen molar-refractivity contribution in [1.29, 1.82) is 0 Å². The van der Waals surface area contributed by atoms with E-state index < -0.39 is 0 Å². The molecule has 2 nitrogen and oxygen atoms in total. The van der Waals surface area contributed by atoms with Crippen LogP contribution in [0.4, 0.5) is 0 Å². The number of rotatable bonds is 0. The smallest absolute Gasteiger partial charge is 0 e. The molecule has 0 aromatic heterocycles. The molecular formula is C12H22CoO2-4. The molecule has 0 amide bonds. The summed E-state index contributed by atoms with van der Waals surface area (Å²) in [5.74, 6) is 0. The van der Waals surface area contributed by atoms with Crippen molar-refractivity contribution in [3.05, 3.63) is 27.0 Å². The summed E-state index contributed by atoms with van der Waals surface area (Å²) in [6.45, 7) is 6.50. The van der Waals surface area contributed by atoms with Crippen LogP contribution in [-0.4, -0.2) is 13.6 Å². The van der Waals surface area contributed by atoms with Crippen molar-refractivity contribution in [2.45, 2.75) is 38.5 Å². The zero-order valence-corrected chi connectivity index (χ0v) is 10.7. The monoisotopic (exact) mass is 257 g/mol. The van der Waals surface area contributed by atoms with E-state index in [0.717, 1.165) is 0 Å². The number of hydrogen-bond donors (Lipinski definition) is 0. The van der Waals surface area contributed by atoms with Crippen LogP contribution in [0.1, 0.15) is 38.5 Å². The van der Waals surface area contributed by atoms with Gasteiger partial charge in [0.1, 0.15) is 0 Å². The van der Waals surface area contributed by atoms with Gasteiger partial charge in [-0.15, -0.1) is 0 Å². The van der Waals surface area contributed by atoms with Gasteiger partial charge in [-0.1, -0.05) is 25.0 Å². The number of carbonyl (C=O) groups excluding carboxylic acids is 2. The third-order valence-corrected chi connectivity index (χ3v) is 1.66. The fraction of sp³-hybridized carbons (Fsp3) is 0.500. The molecule has 0 spiro atoms. The molecule has 0 unspecified atom stereocenters. The Morgan fingerprint density at radius 2 is 0.933 bits per heavy atom. The van der Waals surface area contributed by atoms with Gasteiger partial charge in [-0.05, 0) is 25.7 Å². The Hall–Kier alpha value is -0.414. The van der Waals surface area contributed by atoms with Crippen molar-refractivity contribution in [2.24, 2.45) is 0 Å². The molecule has 95 valence electrons. The molecule has 15 heavy (non-hydrogen) atoms. The molecule has 0 saturated carbocycles. The molecule has 0 aromatic rings. The van der Waals surface area contributed by atoms with Gasteiger partial charge < -0.3 is 24.4 Å². The van der Waals surface area contributed by atoms with Gasteiger partial charge in [0.05, 0.1) is 0 Å². The molecule has 0 N–H and O–H groups in total. The van der Waals surface area contributed by atoms with Crippen LogP contribution in [-0.2, 0) is 26.4 Å². The first-order chi connectivity index (χ1) is 6.00. The SMILES string of the molecule is C1=CCCCCCC1.[CH-]=O.[CH-]=O.[CH3-].[CH3-].[Co]. The quantitative estimate of drug-likeness (QED) is 0.379. The van der Waals surface area contributed by atoms with Crippen LogP contribution in [0.15, 0.2) is 12.2 Å². The fourth-order valence-electron chi connectivity index (χ4n) is 1.11. The van der Waals surface area contributed by atoms with Gasteiger partial charge >= 0.3 is 0 Å². The maximum Gasteiger partial charge on any atom is 0 e. The molecule has 3 heteroatoms. The molecule has 0 fully saturated rings. The Kier molecular flexibility index (Phi) is 73.0. The van der Waals surface area contributed by atoms with Crippen molar-refractivity contribution < 1.29 is 26.4 Å². The van der Waals surface area contributed by atoms with E-state index in [1.54, 1.807) is 0 Å². The molecule has 0 aliphatic heterocycles. The number of hydrogen-bond acceptors (Lipinski definition) is 2. The second-order valence-electron chi connectivity index (χ2n) is 2.46. The summed E-state index contributed by atoms with van der Waals surface area (Å²) in [5, 5.41) is 0. The van der Waals surface area contributed by atoms with Crippen LogP contribution < -0.4 is 0 Å². The summed E-state index contributed by atoms with van der Waals surface area (Å²) >= 11 is 0. The minimum atomic E-state index is 0. The maximum absolute atomic E-state index is 7.75.